The minimum atomic E-state index is 0.0859. The molecule has 4 nitrogen and oxygen atoms in total. The molecule has 2 aromatic rings. The molecule has 1 aliphatic rings. The Labute approximate surface area is 86.9 Å². The Bertz CT molecular complexity index is 579. The first-order valence-corrected chi connectivity index (χ1v) is 5.36. The maximum absolute atomic E-state index is 12.1. The Morgan fingerprint density at radius 2 is 2.20 bits per heavy atom. The van der Waals surface area contributed by atoms with Gasteiger partial charge in [-0.3, -0.25) is 9.89 Å². The Balaban J connectivity index is 2.43. The summed E-state index contributed by atoms with van der Waals surface area (Å²) < 4.78 is 1.56. The number of aromatic nitrogens is 3. The van der Waals surface area contributed by atoms with Crippen LogP contribution in [0.1, 0.15) is 29.7 Å². The van der Waals surface area contributed by atoms with Crippen LogP contribution in [-0.4, -0.2) is 14.6 Å². The molecular weight excluding hydrogens is 190 g/mol. The van der Waals surface area contributed by atoms with Gasteiger partial charge in [-0.25, -0.2) is 9.50 Å². The summed E-state index contributed by atoms with van der Waals surface area (Å²) in [6.45, 7) is 1.97. The van der Waals surface area contributed by atoms with Crippen molar-refractivity contribution in [3.05, 3.63) is 33.4 Å². The van der Waals surface area contributed by atoms with Crippen molar-refractivity contribution >= 4 is 5.65 Å². The number of hydrogen-bond acceptors (Lipinski definition) is 2. The number of aryl methyl sites for hydroxylation is 2. The third-order valence-electron chi connectivity index (χ3n) is 3.12. The molecular formula is C11H13N3O. The van der Waals surface area contributed by atoms with E-state index in [-0.39, 0.29) is 5.56 Å². The van der Waals surface area contributed by atoms with Gasteiger partial charge in [-0.2, -0.15) is 0 Å². The van der Waals surface area contributed by atoms with E-state index in [0.717, 1.165) is 48.2 Å². The van der Waals surface area contributed by atoms with Gasteiger partial charge in [-0.1, -0.05) is 0 Å². The molecule has 0 bridgehead atoms. The van der Waals surface area contributed by atoms with E-state index in [1.807, 2.05) is 13.1 Å². The van der Waals surface area contributed by atoms with Crippen LogP contribution in [-0.2, 0) is 12.8 Å². The summed E-state index contributed by atoms with van der Waals surface area (Å²) in [5.41, 5.74) is 3.80. The van der Waals surface area contributed by atoms with E-state index in [9.17, 15) is 4.79 Å². The van der Waals surface area contributed by atoms with Gasteiger partial charge in [0.2, 0.25) is 0 Å². The lowest BCUT2D eigenvalue weighted by atomic mass is 9.97. The first-order chi connectivity index (χ1) is 7.27. The monoisotopic (exact) mass is 203 g/mol. The molecule has 0 saturated carbocycles. The van der Waals surface area contributed by atoms with Crippen LogP contribution in [0.25, 0.3) is 5.65 Å². The summed E-state index contributed by atoms with van der Waals surface area (Å²) in [6.07, 6.45) is 5.91. The van der Waals surface area contributed by atoms with E-state index in [2.05, 4.69) is 10.1 Å². The average molecular weight is 203 g/mol. The molecule has 0 amide bonds. The van der Waals surface area contributed by atoms with Crippen LogP contribution >= 0.6 is 0 Å². The zero-order valence-corrected chi connectivity index (χ0v) is 8.71. The highest BCUT2D eigenvalue weighted by molar-refractivity contribution is 5.47. The molecule has 0 radical (unpaired) electrons. The highest BCUT2D eigenvalue weighted by atomic mass is 16.1. The maximum Gasteiger partial charge on any atom is 0.276 e. The van der Waals surface area contributed by atoms with Crippen LogP contribution in [0.15, 0.2) is 11.0 Å². The third-order valence-corrected chi connectivity index (χ3v) is 3.12. The van der Waals surface area contributed by atoms with Crippen molar-refractivity contribution < 1.29 is 0 Å². The summed E-state index contributed by atoms with van der Waals surface area (Å²) in [5.74, 6) is 0. The van der Waals surface area contributed by atoms with Crippen LogP contribution in [0.2, 0.25) is 0 Å². The highest BCUT2D eigenvalue weighted by Crippen LogP contribution is 2.17. The smallest absolute Gasteiger partial charge is 0.276 e. The minimum absolute atomic E-state index is 0.0859. The number of nitrogens with zero attached hydrogens (tertiary/aromatic N) is 2. The SMILES string of the molecule is Cc1c[nH]n2c(=O)c3c(nc12)CCCC3. The molecule has 0 fully saturated rings. The van der Waals surface area contributed by atoms with Crippen LogP contribution in [0.4, 0.5) is 0 Å². The lowest BCUT2D eigenvalue weighted by molar-refractivity contribution is 0.651. The second-order valence-electron chi connectivity index (χ2n) is 4.16. The largest absolute Gasteiger partial charge is 0.297 e. The van der Waals surface area contributed by atoms with E-state index in [4.69, 9.17) is 0 Å². The van der Waals surface area contributed by atoms with Gasteiger partial charge < -0.3 is 0 Å². The van der Waals surface area contributed by atoms with Crippen LogP contribution in [0, 0.1) is 6.92 Å². The molecule has 15 heavy (non-hydrogen) atoms. The quantitative estimate of drug-likeness (QED) is 0.699. The van der Waals surface area contributed by atoms with E-state index in [1.54, 1.807) is 4.52 Å². The topological polar surface area (TPSA) is 50.2 Å². The Hall–Kier alpha value is -1.58. The van der Waals surface area contributed by atoms with Crippen LogP contribution < -0.4 is 5.56 Å². The predicted octanol–water partition coefficient (Wildman–Crippen LogP) is 1.21. The highest BCUT2D eigenvalue weighted by Gasteiger charge is 2.17. The van der Waals surface area contributed by atoms with Gasteiger partial charge in [0.25, 0.3) is 5.56 Å². The second-order valence-corrected chi connectivity index (χ2v) is 4.16. The first-order valence-electron chi connectivity index (χ1n) is 5.36. The number of H-pyrrole nitrogens is 1. The van der Waals surface area contributed by atoms with E-state index < -0.39 is 0 Å². The zero-order chi connectivity index (χ0) is 10.4. The molecule has 1 aliphatic carbocycles. The van der Waals surface area contributed by atoms with Gasteiger partial charge in [0.15, 0.2) is 5.65 Å². The fraction of sp³-hybridized carbons (Fsp3) is 0.455. The summed E-state index contributed by atoms with van der Waals surface area (Å²) in [7, 11) is 0. The van der Waals surface area contributed by atoms with E-state index in [1.165, 1.54) is 0 Å². The van der Waals surface area contributed by atoms with Gasteiger partial charge in [0.1, 0.15) is 0 Å². The van der Waals surface area contributed by atoms with Crippen LogP contribution in [0.5, 0.6) is 0 Å². The van der Waals surface area contributed by atoms with Crippen molar-refractivity contribution in [1.29, 1.82) is 0 Å². The van der Waals surface area contributed by atoms with Gasteiger partial charge >= 0.3 is 0 Å². The fourth-order valence-corrected chi connectivity index (χ4v) is 2.26. The molecule has 0 spiro atoms. The molecule has 2 heterocycles. The van der Waals surface area contributed by atoms with Crippen molar-refractivity contribution in [1.82, 2.24) is 14.6 Å². The Morgan fingerprint density at radius 1 is 1.40 bits per heavy atom. The number of rotatable bonds is 0. The molecule has 1 N–H and O–H groups in total. The van der Waals surface area contributed by atoms with Gasteiger partial charge in [-0.05, 0) is 32.6 Å². The van der Waals surface area contributed by atoms with Gasteiger partial charge in [-0.15, -0.1) is 0 Å². The normalized spacial score (nSPS) is 15.5. The first kappa shape index (κ1) is 8.71. The Morgan fingerprint density at radius 3 is 3.07 bits per heavy atom. The van der Waals surface area contributed by atoms with Gasteiger partial charge in [0.05, 0.1) is 5.69 Å². The minimum Gasteiger partial charge on any atom is -0.297 e. The number of fused-ring (bicyclic) bond motifs is 2. The molecule has 2 aromatic heterocycles. The fourth-order valence-electron chi connectivity index (χ4n) is 2.26. The molecule has 0 aliphatic heterocycles. The summed E-state index contributed by atoms with van der Waals surface area (Å²) in [5, 5.41) is 2.95. The number of nitrogens with one attached hydrogen (secondary N) is 1. The summed E-state index contributed by atoms with van der Waals surface area (Å²) in [4.78, 5) is 16.6. The molecule has 4 heteroatoms. The van der Waals surface area contributed by atoms with Crippen molar-refractivity contribution in [2.24, 2.45) is 0 Å². The van der Waals surface area contributed by atoms with Crippen molar-refractivity contribution in [3.8, 4) is 0 Å². The molecule has 3 rings (SSSR count). The van der Waals surface area contributed by atoms with Crippen molar-refractivity contribution in [2.45, 2.75) is 32.6 Å². The average Bonchev–Trinajstić information content (AvgIpc) is 2.62. The van der Waals surface area contributed by atoms with Crippen LogP contribution in [0.3, 0.4) is 0 Å². The van der Waals surface area contributed by atoms with E-state index >= 15 is 0 Å². The molecule has 0 aromatic carbocycles. The lowest BCUT2D eigenvalue weighted by Crippen LogP contribution is -2.24. The predicted molar refractivity (Wildman–Crippen MR) is 57.2 cm³/mol. The van der Waals surface area contributed by atoms with Crippen molar-refractivity contribution in [3.63, 3.8) is 0 Å². The lowest BCUT2D eigenvalue weighted by Gasteiger charge is -2.13. The molecule has 0 saturated heterocycles. The molecule has 0 atom stereocenters. The van der Waals surface area contributed by atoms with Crippen molar-refractivity contribution in [2.75, 3.05) is 0 Å². The molecule has 78 valence electrons. The number of hydrogen-bond donors (Lipinski definition) is 1. The van der Waals surface area contributed by atoms with E-state index in [0.29, 0.717) is 0 Å². The third kappa shape index (κ3) is 1.14. The number of aromatic amines is 1. The molecule has 0 unspecified atom stereocenters. The van der Waals surface area contributed by atoms with Gasteiger partial charge in [0, 0.05) is 17.3 Å². The summed E-state index contributed by atoms with van der Waals surface area (Å²) in [6, 6.07) is 0. The maximum atomic E-state index is 12.1. The standard InChI is InChI=1S/C11H13N3O/c1-7-6-12-14-10(7)13-9-5-3-2-4-8(9)11(14)15/h6,12H,2-5H2,1H3. The second kappa shape index (κ2) is 2.95. The zero-order valence-electron chi connectivity index (χ0n) is 8.71. The summed E-state index contributed by atoms with van der Waals surface area (Å²) >= 11 is 0. The Kier molecular flexibility index (Phi) is 1.71.